The molecule has 1 saturated heterocycles. The van der Waals surface area contributed by atoms with Crippen molar-refractivity contribution in [2.75, 3.05) is 44.2 Å². The number of halogens is 1. The fourth-order valence-corrected chi connectivity index (χ4v) is 3.55. The summed E-state index contributed by atoms with van der Waals surface area (Å²) in [4.78, 5) is 16.7. The van der Waals surface area contributed by atoms with Gasteiger partial charge in [-0.15, -0.1) is 0 Å². The van der Waals surface area contributed by atoms with Crippen molar-refractivity contribution in [3.8, 4) is 0 Å². The monoisotopic (exact) mass is 319 g/mol. The third-order valence-electron chi connectivity index (χ3n) is 5.02. The van der Waals surface area contributed by atoms with E-state index in [0.29, 0.717) is 0 Å². The lowest BCUT2D eigenvalue weighted by molar-refractivity contribution is -0.124. The van der Waals surface area contributed by atoms with Gasteiger partial charge in [0.15, 0.2) is 0 Å². The lowest BCUT2D eigenvalue weighted by atomic mass is 10.1. The molecular weight excluding hydrogens is 293 g/mol. The summed E-state index contributed by atoms with van der Waals surface area (Å²) in [7, 11) is 0. The second-order valence-corrected chi connectivity index (χ2v) is 6.58. The number of hydrogen-bond acceptors (Lipinski definition) is 3. The van der Waals surface area contributed by atoms with Crippen LogP contribution in [-0.4, -0.2) is 50.1 Å². The van der Waals surface area contributed by atoms with Crippen LogP contribution in [0.15, 0.2) is 24.3 Å². The summed E-state index contributed by atoms with van der Waals surface area (Å²) in [6.07, 6.45) is 4.51. The Balaban J connectivity index is 1.36. The van der Waals surface area contributed by atoms with E-state index < -0.39 is 0 Å². The van der Waals surface area contributed by atoms with Gasteiger partial charge < -0.3 is 10.2 Å². The Morgan fingerprint density at radius 2 is 1.74 bits per heavy atom. The van der Waals surface area contributed by atoms with Crippen LogP contribution in [0.1, 0.15) is 25.7 Å². The summed E-state index contributed by atoms with van der Waals surface area (Å²) < 4.78 is 13.0. The van der Waals surface area contributed by atoms with E-state index in [4.69, 9.17) is 0 Å². The van der Waals surface area contributed by atoms with Gasteiger partial charge in [-0.05, 0) is 37.1 Å². The van der Waals surface area contributed by atoms with Crippen LogP contribution >= 0.6 is 0 Å². The summed E-state index contributed by atoms with van der Waals surface area (Å²) in [6, 6.07) is 6.71. The van der Waals surface area contributed by atoms with E-state index in [1.807, 2.05) is 12.1 Å². The summed E-state index contributed by atoms with van der Waals surface area (Å²) in [6.45, 7) is 5.51. The van der Waals surface area contributed by atoms with Crippen molar-refractivity contribution in [1.82, 2.24) is 10.2 Å². The van der Waals surface area contributed by atoms with Gasteiger partial charge in [-0.25, -0.2) is 4.39 Å². The van der Waals surface area contributed by atoms with E-state index >= 15 is 0 Å². The predicted molar refractivity (Wildman–Crippen MR) is 90.0 cm³/mol. The molecule has 1 aliphatic heterocycles. The molecule has 0 spiro atoms. The Morgan fingerprint density at radius 3 is 2.39 bits per heavy atom. The van der Waals surface area contributed by atoms with Gasteiger partial charge in [0, 0.05) is 50.9 Å². The second kappa shape index (κ2) is 7.77. The van der Waals surface area contributed by atoms with Crippen molar-refractivity contribution in [1.29, 1.82) is 0 Å². The molecule has 1 aliphatic carbocycles. The van der Waals surface area contributed by atoms with Gasteiger partial charge in [0.05, 0.1) is 0 Å². The van der Waals surface area contributed by atoms with E-state index in [1.165, 1.54) is 25.0 Å². The minimum atomic E-state index is -0.189. The first-order chi connectivity index (χ1) is 11.2. The van der Waals surface area contributed by atoms with Gasteiger partial charge in [0.1, 0.15) is 5.82 Å². The summed E-state index contributed by atoms with van der Waals surface area (Å²) in [5.74, 6) is 0.308. The standard InChI is InChI=1S/C18H26FN3O/c19-16-5-7-17(8-6-16)22-13-11-21(12-14-22)10-9-20-18(23)15-3-1-2-4-15/h5-8,15H,1-4,9-14H2,(H,20,23). The first-order valence-electron chi connectivity index (χ1n) is 8.73. The van der Waals surface area contributed by atoms with Crippen LogP contribution in [0, 0.1) is 11.7 Å². The highest BCUT2D eigenvalue weighted by Crippen LogP contribution is 2.24. The van der Waals surface area contributed by atoms with Crippen LogP contribution in [0.2, 0.25) is 0 Å². The minimum Gasteiger partial charge on any atom is -0.369 e. The Labute approximate surface area is 137 Å². The molecule has 1 heterocycles. The SMILES string of the molecule is O=C(NCCN1CCN(c2ccc(F)cc2)CC1)C1CCCC1. The number of nitrogens with one attached hydrogen (secondary N) is 1. The van der Waals surface area contributed by atoms with E-state index in [-0.39, 0.29) is 17.6 Å². The van der Waals surface area contributed by atoms with Crippen molar-refractivity contribution in [2.24, 2.45) is 5.92 Å². The molecule has 23 heavy (non-hydrogen) atoms. The molecular formula is C18H26FN3O. The fourth-order valence-electron chi connectivity index (χ4n) is 3.55. The van der Waals surface area contributed by atoms with Crippen molar-refractivity contribution < 1.29 is 9.18 Å². The summed E-state index contributed by atoms with van der Waals surface area (Å²) in [5, 5.41) is 3.09. The third-order valence-corrected chi connectivity index (χ3v) is 5.02. The van der Waals surface area contributed by atoms with Gasteiger partial charge in [-0.2, -0.15) is 0 Å². The van der Waals surface area contributed by atoms with Gasteiger partial charge in [0.2, 0.25) is 5.91 Å². The molecule has 1 N–H and O–H groups in total. The first-order valence-corrected chi connectivity index (χ1v) is 8.73. The molecule has 0 aromatic heterocycles. The van der Waals surface area contributed by atoms with Crippen LogP contribution in [0.3, 0.4) is 0 Å². The molecule has 1 aromatic carbocycles. The zero-order valence-corrected chi connectivity index (χ0v) is 13.6. The number of nitrogens with zero attached hydrogens (tertiary/aromatic N) is 2. The molecule has 0 bridgehead atoms. The van der Waals surface area contributed by atoms with Gasteiger partial charge in [-0.3, -0.25) is 9.69 Å². The van der Waals surface area contributed by atoms with Crippen molar-refractivity contribution in [3.63, 3.8) is 0 Å². The number of benzene rings is 1. The third kappa shape index (κ3) is 4.44. The molecule has 2 aliphatic rings. The largest absolute Gasteiger partial charge is 0.369 e. The Kier molecular flexibility index (Phi) is 5.49. The predicted octanol–water partition coefficient (Wildman–Crippen LogP) is 2.25. The van der Waals surface area contributed by atoms with Gasteiger partial charge in [0.25, 0.3) is 0 Å². The average Bonchev–Trinajstić information content (AvgIpc) is 3.11. The van der Waals surface area contributed by atoms with Gasteiger partial charge >= 0.3 is 0 Å². The molecule has 3 rings (SSSR count). The summed E-state index contributed by atoms with van der Waals surface area (Å²) >= 11 is 0. The topological polar surface area (TPSA) is 35.6 Å². The molecule has 1 aromatic rings. The van der Waals surface area contributed by atoms with Crippen LogP contribution in [0.25, 0.3) is 0 Å². The number of amides is 1. The molecule has 0 atom stereocenters. The van der Waals surface area contributed by atoms with Crippen molar-refractivity contribution in [2.45, 2.75) is 25.7 Å². The fraction of sp³-hybridized carbons (Fsp3) is 0.611. The highest BCUT2D eigenvalue weighted by atomic mass is 19.1. The van der Waals surface area contributed by atoms with E-state index in [9.17, 15) is 9.18 Å². The highest BCUT2D eigenvalue weighted by molar-refractivity contribution is 5.78. The number of anilines is 1. The average molecular weight is 319 g/mol. The van der Waals surface area contributed by atoms with Crippen LogP contribution in [0.5, 0.6) is 0 Å². The maximum atomic E-state index is 13.0. The van der Waals surface area contributed by atoms with Crippen LogP contribution in [0.4, 0.5) is 10.1 Å². The Hall–Kier alpha value is -1.62. The summed E-state index contributed by atoms with van der Waals surface area (Å²) in [5.41, 5.74) is 1.08. The Morgan fingerprint density at radius 1 is 1.09 bits per heavy atom. The number of carbonyl (C=O) groups is 1. The zero-order chi connectivity index (χ0) is 16.1. The minimum absolute atomic E-state index is 0.189. The number of carbonyl (C=O) groups excluding carboxylic acids is 1. The molecule has 126 valence electrons. The van der Waals surface area contributed by atoms with Crippen LogP contribution < -0.4 is 10.2 Å². The lowest BCUT2D eigenvalue weighted by Crippen LogP contribution is -2.48. The molecule has 5 heteroatoms. The normalized spacial score (nSPS) is 20.0. The smallest absolute Gasteiger partial charge is 0.223 e. The van der Waals surface area contributed by atoms with Crippen molar-refractivity contribution >= 4 is 11.6 Å². The molecule has 0 unspecified atom stereocenters. The van der Waals surface area contributed by atoms with E-state index in [2.05, 4.69) is 15.1 Å². The molecule has 2 fully saturated rings. The molecule has 0 radical (unpaired) electrons. The number of piperazine rings is 1. The zero-order valence-electron chi connectivity index (χ0n) is 13.6. The maximum absolute atomic E-state index is 13.0. The Bertz CT molecular complexity index is 506. The maximum Gasteiger partial charge on any atom is 0.223 e. The molecule has 4 nitrogen and oxygen atoms in total. The second-order valence-electron chi connectivity index (χ2n) is 6.58. The van der Waals surface area contributed by atoms with E-state index in [1.54, 1.807) is 0 Å². The number of hydrogen-bond donors (Lipinski definition) is 1. The molecule has 1 saturated carbocycles. The number of rotatable bonds is 5. The lowest BCUT2D eigenvalue weighted by Gasteiger charge is -2.36. The van der Waals surface area contributed by atoms with Crippen molar-refractivity contribution in [3.05, 3.63) is 30.1 Å². The first kappa shape index (κ1) is 16.2. The van der Waals surface area contributed by atoms with E-state index in [0.717, 1.165) is 57.8 Å². The highest BCUT2D eigenvalue weighted by Gasteiger charge is 2.22. The molecule has 1 amide bonds. The van der Waals surface area contributed by atoms with Gasteiger partial charge in [-0.1, -0.05) is 12.8 Å². The van der Waals surface area contributed by atoms with Crippen LogP contribution in [-0.2, 0) is 4.79 Å². The quantitative estimate of drug-likeness (QED) is 0.904.